The third-order valence-corrected chi connectivity index (χ3v) is 5.07. The van der Waals surface area contributed by atoms with Crippen molar-refractivity contribution in [2.75, 3.05) is 44.7 Å². The molecule has 0 atom stereocenters. The van der Waals surface area contributed by atoms with Gasteiger partial charge in [0.05, 0.1) is 7.11 Å². The molecule has 1 fully saturated rings. The minimum absolute atomic E-state index is 0.184. The van der Waals surface area contributed by atoms with Crippen LogP contribution in [-0.2, 0) is 6.42 Å². The first-order valence-corrected chi connectivity index (χ1v) is 8.96. The van der Waals surface area contributed by atoms with E-state index in [1.807, 2.05) is 18.3 Å². The molecule has 3 heterocycles. The number of benzene rings is 1. The van der Waals surface area contributed by atoms with E-state index >= 15 is 0 Å². The summed E-state index contributed by atoms with van der Waals surface area (Å²) in [6, 6.07) is 8.75. The lowest BCUT2D eigenvalue weighted by Gasteiger charge is -2.35. The zero-order chi connectivity index (χ0) is 17.9. The lowest BCUT2D eigenvalue weighted by molar-refractivity contribution is 0.259. The van der Waals surface area contributed by atoms with Crippen LogP contribution in [0.15, 0.2) is 42.7 Å². The summed E-state index contributed by atoms with van der Waals surface area (Å²) in [5, 5.41) is 0.988. The predicted octanol–water partition coefficient (Wildman–Crippen LogP) is 3.08. The molecule has 5 nitrogen and oxygen atoms in total. The number of aromatic amines is 1. The number of fused-ring (bicyclic) bond motifs is 1. The Morgan fingerprint density at radius 2 is 2.04 bits per heavy atom. The first kappa shape index (κ1) is 16.8. The zero-order valence-corrected chi connectivity index (χ0v) is 14.9. The lowest BCUT2D eigenvalue weighted by atomic mass is 10.1. The van der Waals surface area contributed by atoms with E-state index in [0.717, 1.165) is 61.6 Å². The van der Waals surface area contributed by atoms with Crippen LogP contribution in [0.1, 0.15) is 5.56 Å². The Hall–Kier alpha value is -2.60. The van der Waals surface area contributed by atoms with Crippen LogP contribution in [0.25, 0.3) is 10.9 Å². The predicted molar refractivity (Wildman–Crippen MR) is 101 cm³/mol. The Labute approximate surface area is 152 Å². The molecule has 0 saturated carbocycles. The molecule has 0 spiro atoms. The molecule has 1 saturated heterocycles. The van der Waals surface area contributed by atoms with Gasteiger partial charge in [0.2, 0.25) is 0 Å². The molecular formula is C20H23FN4O. The summed E-state index contributed by atoms with van der Waals surface area (Å²) in [6.07, 6.45) is 4.72. The average molecular weight is 354 g/mol. The molecule has 0 radical (unpaired) electrons. The topological polar surface area (TPSA) is 44.4 Å². The van der Waals surface area contributed by atoms with Gasteiger partial charge in [-0.3, -0.25) is 4.90 Å². The van der Waals surface area contributed by atoms with E-state index in [2.05, 4.69) is 19.8 Å². The number of anilines is 1. The number of hydrogen-bond donors (Lipinski definition) is 1. The second kappa shape index (κ2) is 7.33. The van der Waals surface area contributed by atoms with Crippen molar-refractivity contribution in [3.05, 3.63) is 54.1 Å². The van der Waals surface area contributed by atoms with Gasteiger partial charge in [-0.05, 0) is 42.3 Å². The highest BCUT2D eigenvalue weighted by molar-refractivity contribution is 5.83. The van der Waals surface area contributed by atoms with Gasteiger partial charge in [0.1, 0.15) is 5.82 Å². The van der Waals surface area contributed by atoms with E-state index in [0.29, 0.717) is 0 Å². The molecule has 0 aliphatic carbocycles. The van der Waals surface area contributed by atoms with Crippen LogP contribution < -0.4 is 9.64 Å². The number of hydrogen-bond acceptors (Lipinski definition) is 4. The van der Waals surface area contributed by atoms with Crippen LogP contribution in [0.4, 0.5) is 10.2 Å². The fourth-order valence-electron chi connectivity index (χ4n) is 3.60. The minimum atomic E-state index is -0.184. The van der Waals surface area contributed by atoms with Crippen molar-refractivity contribution in [1.29, 1.82) is 0 Å². The van der Waals surface area contributed by atoms with E-state index in [4.69, 9.17) is 4.74 Å². The molecule has 4 rings (SSSR count). The largest absolute Gasteiger partial charge is 0.493 e. The maximum absolute atomic E-state index is 13.5. The molecule has 1 aliphatic heterocycles. The Bertz CT molecular complexity index is 886. The summed E-state index contributed by atoms with van der Waals surface area (Å²) in [7, 11) is 1.68. The number of halogens is 1. The molecule has 0 amide bonds. The smallest absolute Gasteiger partial charge is 0.171 e. The minimum Gasteiger partial charge on any atom is -0.493 e. The van der Waals surface area contributed by atoms with Crippen LogP contribution in [0, 0.1) is 5.82 Å². The van der Waals surface area contributed by atoms with E-state index in [-0.39, 0.29) is 5.82 Å². The molecule has 1 aliphatic rings. The SMILES string of the molecule is COc1cccnc1N1CCN(CCc2c[nH]c3ccc(F)cc23)CC1. The third kappa shape index (κ3) is 3.37. The maximum atomic E-state index is 13.5. The third-order valence-electron chi connectivity index (χ3n) is 5.07. The van der Waals surface area contributed by atoms with E-state index in [1.54, 1.807) is 25.4 Å². The molecule has 136 valence electrons. The highest BCUT2D eigenvalue weighted by Gasteiger charge is 2.20. The molecule has 2 aromatic heterocycles. The van der Waals surface area contributed by atoms with Crippen molar-refractivity contribution in [3.8, 4) is 5.75 Å². The number of nitrogens with one attached hydrogen (secondary N) is 1. The summed E-state index contributed by atoms with van der Waals surface area (Å²) in [5.74, 6) is 1.56. The Kier molecular flexibility index (Phi) is 4.75. The summed E-state index contributed by atoms with van der Waals surface area (Å²) >= 11 is 0. The van der Waals surface area contributed by atoms with Gasteiger partial charge in [-0.25, -0.2) is 9.37 Å². The first-order chi connectivity index (χ1) is 12.7. The molecule has 1 N–H and O–H groups in total. The molecular weight excluding hydrogens is 331 g/mol. The molecule has 1 aromatic carbocycles. The van der Waals surface area contributed by atoms with Gasteiger partial charge in [-0.15, -0.1) is 0 Å². The number of ether oxygens (including phenoxy) is 1. The number of H-pyrrole nitrogens is 1. The van der Waals surface area contributed by atoms with Crippen molar-refractivity contribution in [3.63, 3.8) is 0 Å². The summed E-state index contributed by atoms with van der Waals surface area (Å²) in [6.45, 7) is 4.79. The number of nitrogens with zero attached hydrogens (tertiary/aromatic N) is 3. The number of piperazine rings is 1. The maximum Gasteiger partial charge on any atom is 0.171 e. The molecule has 26 heavy (non-hydrogen) atoms. The van der Waals surface area contributed by atoms with Crippen LogP contribution in [-0.4, -0.2) is 54.7 Å². The lowest BCUT2D eigenvalue weighted by Crippen LogP contribution is -2.47. The van der Waals surface area contributed by atoms with E-state index < -0.39 is 0 Å². The fourth-order valence-corrected chi connectivity index (χ4v) is 3.60. The zero-order valence-electron chi connectivity index (χ0n) is 14.9. The van der Waals surface area contributed by atoms with Crippen molar-refractivity contribution in [1.82, 2.24) is 14.9 Å². The van der Waals surface area contributed by atoms with Crippen molar-refractivity contribution in [2.24, 2.45) is 0 Å². The number of rotatable bonds is 5. The fraction of sp³-hybridized carbons (Fsp3) is 0.350. The second-order valence-corrected chi connectivity index (χ2v) is 6.61. The first-order valence-electron chi connectivity index (χ1n) is 8.96. The second-order valence-electron chi connectivity index (χ2n) is 6.61. The van der Waals surface area contributed by atoms with Gasteiger partial charge in [-0.2, -0.15) is 0 Å². The van der Waals surface area contributed by atoms with Gasteiger partial charge in [0.15, 0.2) is 11.6 Å². The van der Waals surface area contributed by atoms with Crippen molar-refractivity contribution >= 4 is 16.7 Å². The molecule has 6 heteroatoms. The normalized spacial score (nSPS) is 15.5. The highest BCUT2D eigenvalue weighted by atomic mass is 19.1. The van der Waals surface area contributed by atoms with E-state index in [1.165, 1.54) is 11.6 Å². The number of pyridine rings is 1. The van der Waals surface area contributed by atoms with Crippen LogP contribution in [0.3, 0.4) is 0 Å². The van der Waals surface area contributed by atoms with Crippen molar-refractivity contribution < 1.29 is 9.13 Å². The molecule has 3 aromatic rings. The summed E-state index contributed by atoms with van der Waals surface area (Å²) in [4.78, 5) is 12.4. The standard InChI is InChI=1S/C20H23FN4O/c1-26-19-3-2-7-22-20(19)25-11-9-24(10-12-25)8-6-15-14-23-18-5-4-16(21)13-17(15)18/h2-5,7,13-14,23H,6,8-12H2,1H3. The van der Waals surface area contributed by atoms with Gasteiger partial charge in [0, 0.05) is 56.0 Å². The highest BCUT2D eigenvalue weighted by Crippen LogP contribution is 2.26. The Morgan fingerprint density at radius 3 is 2.85 bits per heavy atom. The Balaban J connectivity index is 1.36. The Morgan fingerprint density at radius 1 is 1.19 bits per heavy atom. The van der Waals surface area contributed by atoms with Crippen LogP contribution in [0.2, 0.25) is 0 Å². The van der Waals surface area contributed by atoms with E-state index in [9.17, 15) is 4.39 Å². The van der Waals surface area contributed by atoms with Gasteiger partial charge in [-0.1, -0.05) is 0 Å². The number of aromatic nitrogens is 2. The average Bonchev–Trinajstić information content (AvgIpc) is 3.09. The van der Waals surface area contributed by atoms with Crippen LogP contribution >= 0.6 is 0 Å². The quantitative estimate of drug-likeness (QED) is 0.765. The van der Waals surface area contributed by atoms with Gasteiger partial charge < -0.3 is 14.6 Å². The number of methoxy groups -OCH3 is 1. The van der Waals surface area contributed by atoms with Crippen LogP contribution in [0.5, 0.6) is 5.75 Å². The summed E-state index contributed by atoms with van der Waals surface area (Å²) < 4.78 is 18.9. The molecule has 0 unspecified atom stereocenters. The van der Waals surface area contributed by atoms with Crippen molar-refractivity contribution in [2.45, 2.75) is 6.42 Å². The monoisotopic (exact) mass is 354 g/mol. The van der Waals surface area contributed by atoms with Gasteiger partial charge in [0.25, 0.3) is 0 Å². The van der Waals surface area contributed by atoms with Gasteiger partial charge >= 0.3 is 0 Å². The molecule has 0 bridgehead atoms. The summed E-state index contributed by atoms with van der Waals surface area (Å²) in [5.41, 5.74) is 2.17.